The second kappa shape index (κ2) is 5.67. The van der Waals surface area contributed by atoms with Crippen molar-refractivity contribution in [1.29, 1.82) is 0 Å². The zero-order valence-electron chi connectivity index (χ0n) is 11.5. The minimum absolute atomic E-state index is 0.491. The number of hydrogen-bond acceptors (Lipinski definition) is 4. The molecule has 4 heteroatoms. The van der Waals surface area contributed by atoms with Crippen molar-refractivity contribution in [3.05, 3.63) is 24.0 Å². The molecule has 1 saturated heterocycles. The molecule has 0 spiro atoms. The topological polar surface area (TPSA) is 39.6 Å². The van der Waals surface area contributed by atoms with E-state index in [1.165, 1.54) is 0 Å². The number of aliphatic hydroxyl groups is 1. The third kappa shape index (κ3) is 2.82. The number of aromatic nitrogens is 1. The van der Waals surface area contributed by atoms with Crippen LogP contribution in [0.3, 0.4) is 0 Å². The third-order valence-electron chi connectivity index (χ3n) is 3.74. The van der Waals surface area contributed by atoms with Gasteiger partial charge in [-0.15, -0.1) is 0 Å². The van der Waals surface area contributed by atoms with Crippen molar-refractivity contribution in [2.24, 2.45) is 0 Å². The van der Waals surface area contributed by atoms with Crippen molar-refractivity contribution < 1.29 is 5.11 Å². The van der Waals surface area contributed by atoms with Gasteiger partial charge in [0.05, 0.1) is 23.7 Å². The van der Waals surface area contributed by atoms with Gasteiger partial charge in [0, 0.05) is 25.7 Å². The van der Waals surface area contributed by atoms with Gasteiger partial charge >= 0.3 is 0 Å². The molecule has 0 aromatic carbocycles. The summed E-state index contributed by atoms with van der Waals surface area (Å²) in [6, 6.07) is 4.56. The van der Waals surface area contributed by atoms with Crippen molar-refractivity contribution in [2.75, 3.05) is 31.1 Å². The van der Waals surface area contributed by atoms with Crippen LogP contribution in [0.15, 0.2) is 18.3 Å². The lowest BCUT2D eigenvalue weighted by Crippen LogP contribution is -2.51. The molecule has 2 atom stereocenters. The molecule has 4 nitrogen and oxygen atoms in total. The Morgan fingerprint density at radius 3 is 2.72 bits per heavy atom. The molecule has 1 aromatic rings. The number of hydrogen-bond donors (Lipinski definition) is 1. The number of anilines is 1. The Morgan fingerprint density at radius 2 is 2.22 bits per heavy atom. The van der Waals surface area contributed by atoms with Crippen LogP contribution in [0.25, 0.3) is 0 Å². The van der Waals surface area contributed by atoms with Crippen molar-refractivity contribution in [3.8, 4) is 0 Å². The second-order valence-electron chi connectivity index (χ2n) is 5.04. The smallest absolute Gasteiger partial charge is 0.0931 e. The average Bonchev–Trinajstić information content (AvgIpc) is 2.38. The first kappa shape index (κ1) is 13.3. The number of likely N-dealkylation sites (N-methyl/N-ethyl adjacent to an activating group) is 1. The van der Waals surface area contributed by atoms with Crippen LogP contribution in [0.2, 0.25) is 0 Å². The molecule has 1 unspecified atom stereocenters. The Labute approximate surface area is 109 Å². The first-order chi connectivity index (χ1) is 8.61. The fourth-order valence-corrected chi connectivity index (χ4v) is 2.53. The zero-order valence-corrected chi connectivity index (χ0v) is 11.5. The normalized spacial score (nSPS) is 23.1. The van der Waals surface area contributed by atoms with Crippen molar-refractivity contribution in [3.63, 3.8) is 0 Å². The Bertz CT molecular complexity index is 377. The summed E-state index contributed by atoms with van der Waals surface area (Å²) in [7, 11) is 0. The van der Waals surface area contributed by atoms with E-state index in [2.05, 4.69) is 34.7 Å². The summed E-state index contributed by atoms with van der Waals surface area (Å²) >= 11 is 0. The van der Waals surface area contributed by atoms with Crippen LogP contribution in [0.1, 0.15) is 32.6 Å². The van der Waals surface area contributed by atoms with Gasteiger partial charge in [-0.1, -0.05) is 6.92 Å². The maximum atomic E-state index is 9.45. The molecule has 1 aromatic heterocycles. The molecule has 1 N–H and O–H groups in total. The van der Waals surface area contributed by atoms with Gasteiger partial charge in [0.15, 0.2) is 0 Å². The third-order valence-corrected chi connectivity index (χ3v) is 3.74. The van der Waals surface area contributed by atoms with E-state index in [4.69, 9.17) is 0 Å². The minimum Gasteiger partial charge on any atom is -0.387 e. The van der Waals surface area contributed by atoms with E-state index in [0.29, 0.717) is 6.04 Å². The first-order valence-electron chi connectivity index (χ1n) is 6.74. The van der Waals surface area contributed by atoms with E-state index >= 15 is 0 Å². The Morgan fingerprint density at radius 1 is 1.44 bits per heavy atom. The minimum atomic E-state index is -0.491. The molecule has 0 bridgehead atoms. The summed E-state index contributed by atoms with van der Waals surface area (Å²) in [4.78, 5) is 9.18. The molecule has 0 saturated carbocycles. The highest BCUT2D eigenvalue weighted by molar-refractivity contribution is 5.45. The van der Waals surface area contributed by atoms with E-state index in [0.717, 1.165) is 37.6 Å². The molecular formula is C14H23N3O. The van der Waals surface area contributed by atoms with Gasteiger partial charge in [-0.25, -0.2) is 0 Å². The van der Waals surface area contributed by atoms with Crippen LogP contribution >= 0.6 is 0 Å². The fourth-order valence-electron chi connectivity index (χ4n) is 2.53. The molecule has 1 aliphatic rings. The van der Waals surface area contributed by atoms with Crippen LogP contribution in [-0.4, -0.2) is 47.2 Å². The molecule has 0 aliphatic carbocycles. The van der Waals surface area contributed by atoms with Gasteiger partial charge in [-0.3, -0.25) is 9.88 Å². The number of aliphatic hydroxyl groups excluding tert-OH is 1. The van der Waals surface area contributed by atoms with Gasteiger partial charge in [0.1, 0.15) is 0 Å². The van der Waals surface area contributed by atoms with Gasteiger partial charge in [0.2, 0.25) is 0 Å². The summed E-state index contributed by atoms with van der Waals surface area (Å²) in [6.45, 7) is 10.5. The highest BCUT2D eigenvalue weighted by Crippen LogP contribution is 2.19. The maximum Gasteiger partial charge on any atom is 0.0931 e. The van der Waals surface area contributed by atoms with Crippen molar-refractivity contribution in [1.82, 2.24) is 9.88 Å². The monoisotopic (exact) mass is 249 g/mol. The van der Waals surface area contributed by atoms with Gasteiger partial charge in [-0.05, 0) is 32.5 Å². The van der Waals surface area contributed by atoms with Crippen molar-refractivity contribution >= 4 is 5.69 Å². The summed E-state index contributed by atoms with van der Waals surface area (Å²) in [5.41, 5.74) is 1.89. The van der Waals surface area contributed by atoms with Crippen LogP contribution in [-0.2, 0) is 0 Å². The Hall–Kier alpha value is -1.13. The van der Waals surface area contributed by atoms with E-state index in [1.807, 2.05) is 12.3 Å². The SMILES string of the molecule is CCN1CCN(c2ccc([C@H](C)O)nc2)CC1C. The van der Waals surface area contributed by atoms with Gasteiger partial charge in [0.25, 0.3) is 0 Å². The predicted molar refractivity (Wildman–Crippen MR) is 73.8 cm³/mol. The lowest BCUT2D eigenvalue weighted by atomic mass is 10.1. The predicted octanol–water partition coefficient (Wildman–Crippen LogP) is 1.67. The van der Waals surface area contributed by atoms with Gasteiger partial charge < -0.3 is 10.0 Å². The van der Waals surface area contributed by atoms with Crippen LogP contribution in [0, 0.1) is 0 Å². The molecule has 2 rings (SSSR count). The molecular weight excluding hydrogens is 226 g/mol. The van der Waals surface area contributed by atoms with Crippen molar-refractivity contribution in [2.45, 2.75) is 32.9 Å². The second-order valence-corrected chi connectivity index (χ2v) is 5.04. The Balaban J connectivity index is 2.04. The summed E-state index contributed by atoms with van der Waals surface area (Å²) in [6.07, 6.45) is 1.38. The summed E-state index contributed by atoms with van der Waals surface area (Å²) in [5.74, 6) is 0. The number of pyridine rings is 1. The standard InChI is InChI=1S/C14H23N3O/c1-4-16-7-8-17(10-11(16)2)13-5-6-14(12(3)18)15-9-13/h5-6,9,11-12,18H,4,7-8,10H2,1-3H3/t11?,12-/m0/s1. The van der Waals surface area contributed by atoms with Crippen LogP contribution < -0.4 is 4.90 Å². The lowest BCUT2D eigenvalue weighted by Gasteiger charge is -2.40. The molecule has 0 amide bonds. The van der Waals surface area contributed by atoms with Gasteiger partial charge in [-0.2, -0.15) is 0 Å². The summed E-state index contributed by atoms with van der Waals surface area (Å²) in [5, 5.41) is 9.45. The quantitative estimate of drug-likeness (QED) is 0.884. The first-order valence-corrected chi connectivity index (χ1v) is 6.74. The molecule has 0 radical (unpaired) electrons. The maximum absolute atomic E-state index is 9.45. The lowest BCUT2D eigenvalue weighted by molar-refractivity contribution is 0.194. The number of rotatable bonds is 3. The fraction of sp³-hybridized carbons (Fsp3) is 0.643. The molecule has 100 valence electrons. The molecule has 1 fully saturated rings. The number of nitrogens with zero attached hydrogens (tertiary/aromatic N) is 3. The average molecular weight is 249 g/mol. The van der Waals surface area contributed by atoms with E-state index in [-0.39, 0.29) is 0 Å². The highest BCUT2D eigenvalue weighted by Gasteiger charge is 2.22. The number of piperazine rings is 1. The highest BCUT2D eigenvalue weighted by atomic mass is 16.3. The van der Waals surface area contributed by atoms with E-state index in [1.54, 1.807) is 6.92 Å². The largest absolute Gasteiger partial charge is 0.387 e. The van der Waals surface area contributed by atoms with E-state index in [9.17, 15) is 5.11 Å². The van der Waals surface area contributed by atoms with Crippen LogP contribution in [0.5, 0.6) is 0 Å². The molecule has 2 heterocycles. The summed E-state index contributed by atoms with van der Waals surface area (Å²) < 4.78 is 0. The molecule has 1 aliphatic heterocycles. The van der Waals surface area contributed by atoms with E-state index < -0.39 is 6.10 Å². The Kier molecular flexibility index (Phi) is 4.19. The molecule has 18 heavy (non-hydrogen) atoms. The van der Waals surface area contributed by atoms with Crippen LogP contribution in [0.4, 0.5) is 5.69 Å². The zero-order chi connectivity index (χ0) is 13.1.